The second-order valence-corrected chi connectivity index (χ2v) is 9.88. The Kier molecular flexibility index (Phi) is 10.1. The summed E-state index contributed by atoms with van der Waals surface area (Å²) in [7, 11) is 1.68. The van der Waals surface area contributed by atoms with Crippen molar-refractivity contribution in [2.45, 2.75) is 65.8 Å². The maximum atomic E-state index is 9.80. The molecule has 200 valence electrons. The largest absolute Gasteiger partial charge is 0.497 e. The molecule has 5 heteroatoms. The van der Waals surface area contributed by atoms with Crippen molar-refractivity contribution < 1.29 is 9.84 Å². The molecule has 0 bridgehead atoms. The molecule has 38 heavy (non-hydrogen) atoms. The van der Waals surface area contributed by atoms with Gasteiger partial charge in [-0.2, -0.15) is 0 Å². The number of imidazole rings is 1. The number of hydrogen-bond donors (Lipinski definition) is 1. The van der Waals surface area contributed by atoms with E-state index in [1.54, 1.807) is 7.11 Å². The first-order valence-corrected chi connectivity index (χ1v) is 13.9. The Hall–Kier alpha value is -3.41. The Bertz CT molecular complexity index is 1250. The number of aliphatic hydroxyl groups excluding tert-OH is 1. The Balaban J connectivity index is 1.79. The monoisotopic (exact) mass is 511 g/mol. The highest BCUT2D eigenvalue weighted by molar-refractivity contribution is 5.68. The molecule has 0 aliphatic rings. The molecule has 0 amide bonds. The summed E-state index contributed by atoms with van der Waals surface area (Å²) in [5.74, 6) is 1.82. The molecule has 0 radical (unpaired) electrons. The van der Waals surface area contributed by atoms with E-state index in [9.17, 15) is 5.11 Å². The van der Waals surface area contributed by atoms with Gasteiger partial charge in [-0.05, 0) is 42.6 Å². The molecule has 0 unspecified atom stereocenters. The average Bonchev–Trinajstić information content (AvgIpc) is 3.33. The highest BCUT2D eigenvalue weighted by Crippen LogP contribution is 2.31. The van der Waals surface area contributed by atoms with E-state index in [2.05, 4.69) is 96.1 Å². The molecule has 4 rings (SSSR count). The van der Waals surface area contributed by atoms with Crippen molar-refractivity contribution in [1.29, 1.82) is 0 Å². The lowest BCUT2D eigenvalue weighted by Crippen LogP contribution is -2.26. The predicted molar refractivity (Wildman–Crippen MR) is 156 cm³/mol. The average molecular weight is 512 g/mol. The topological polar surface area (TPSA) is 50.5 Å². The summed E-state index contributed by atoms with van der Waals surface area (Å²) in [6.07, 6.45) is 4.47. The smallest absolute Gasteiger partial charge is 0.140 e. The van der Waals surface area contributed by atoms with Gasteiger partial charge < -0.3 is 14.4 Å². The molecule has 0 aliphatic heterocycles. The lowest BCUT2D eigenvalue weighted by Gasteiger charge is -2.25. The van der Waals surface area contributed by atoms with Gasteiger partial charge in [-0.3, -0.25) is 4.90 Å². The molecule has 0 fully saturated rings. The van der Waals surface area contributed by atoms with Crippen LogP contribution in [0.25, 0.3) is 22.6 Å². The maximum absolute atomic E-state index is 9.80. The SMILES string of the molecule is CCCCN(Cc1cc(CO)cc(OC)c1)Cc1c(-c2ccccc2)nc(-c2ccccc2)n1CCCC. The number of aliphatic hydroxyl groups is 1. The molecule has 0 saturated heterocycles. The van der Waals surface area contributed by atoms with Crippen molar-refractivity contribution in [3.05, 3.63) is 95.7 Å². The molecule has 5 nitrogen and oxygen atoms in total. The van der Waals surface area contributed by atoms with E-state index in [4.69, 9.17) is 9.72 Å². The quantitative estimate of drug-likeness (QED) is 0.193. The van der Waals surface area contributed by atoms with Gasteiger partial charge in [-0.15, -0.1) is 0 Å². The number of nitrogens with zero attached hydrogens (tertiary/aromatic N) is 3. The first-order valence-electron chi connectivity index (χ1n) is 13.9. The van der Waals surface area contributed by atoms with E-state index in [0.717, 1.165) is 91.4 Å². The third-order valence-corrected chi connectivity index (χ3v) is 6.94. The summed E-state index contributed by atoms with van der Waals surface area (Å²) in [4.78, 5) is 7.80. The van der Waals surface area contributed by atoms with Gasteiger partial charge >= 0.3 is 0 Å². The standard InChI is InChI=1S/C33H41N3O2/c1-4-6-18-35(23-26-20-27(25-37)22-30(21-26)38-3)24-31-32(28-14-10-8-11-15-28)34-33(36(31)19-7-5-2)29-16-12-9-13-17-29/h8-17,20-22,37H,4-7,18-19,23-25H2,1-3H3. The second kappa shape index (κ2) is 13.9. The second-order valence-electron chi connectivity index (χ2n) is 9.88. The van der Waals surface area contributed by atoms with Crippen LogP contribution in [0.4, 0.5) is 0 Å². The van der Waals surface area contributed by atoms with Crippen molar-refractivity contribution in [1.82, 2.24) is 14.5 Å². The van der Waals surface area contributed by atoms with Crippen LogP contribution in [0.1, 0.15) is 56.4 Å². The van der Waals surface area contributed by atoms with Gasteiger partial charge in [0.25, 0.3) is 0 Å². The number of aromatic nitrogens is 2. The summed E-state index contributed by atoms with van der Waals surface area (Å²) < 4.78 is 7.98. The molecular formula is C33H41N3O2. The summed E-state index contributed by atoms with van der Waals surface area (Å²) in [6, 6.07) is 27.2. The molecule has 0 aliphatic carbocycles. The highest BCUT2D eigenvalue weighted by Gasteiger charge is 2.22. The minimum Gasteiger partial charge on any atom is -0.497 e. The van der Waals surface area contributed by atoms with Crippen LogP contribution in [-0.2, 0) is 26.2 Å². The Morgan fingerprint density at radius 3 is 2.11 bits per heavy atom. The normalized spacial score (nSPS) is 11.3. The van der Waals surface area contributed by atoms with Crippen molar-refractivity contribution in [3.8, 4) is 28.4 Å². The molecular weight excluding hydrogens is 470 g/mol. The zero-order valence-corrected chi connectivity index (χ0v) is 23.1. The summed E-state index contributed by atoms with van der Waals surface area (Å²) in [5.41, 5.74) is 6.63. The Morgan fingerprint density at radius 2 is 1.47 bits per heavy atom. The van der Waals surface area contributed by atoms with E-state index >= 15 is 0 Å². The van der Waals surface area contributed by atoms with Crippen molar-refractivity contribution >= 4 is 0 Å². The van der Waals surface area contributed by atoms with Gasteiger partial charge in [0.2, 0.25) is 0 Å². The van der Waals surface area contributed by atoms with E-state index in [1.807, 2.05) is 6.07 Å². The fourth-order valence-electron chi connectivity index (χ4n) is 4.93. The van der Waals surface area contributed by atoms with Gasteiger partial charge in [0.05, 0.1) is 25.1 Å². The van der Waals surface area contributed by atoms with Gasteiger partial charge in [0.15, 0.2) is 0 Å². The van der Waals surface area contributed by atoms with Crippen molar-refractivity contribution in [2.75, 3.05) is 13.7 Å². The molecule has 4 aromatic rings. The van der Waals surface area contributed by atoms with Crippen LogP contribution in [0.15, 0.2) is 78.9 Å². The minimum atomic E-state index is 0.00153. The van der Waals surface area contributed by atoms with E-state index < -0.39 is 0 Å². The third-order valence-electron chi connectivity index (χ3n) is 6.94. The maximum Gasteiger partial charge on any atom is 0.140 e. The van der Waals surface area contributed by atoms with Gasteiger partial charge in [-0.25, -0.2) is 4.98 Å². The molecule has 1 aromatic heterocycles. The zero-order valence-electron chi connectivity index (χ0n) is 23.1. The molecule has 1 N–H and O–H groups in total. The summed E-state index contributed by atoms with van der Waals surface area (Å²) >= 11 is 0. The number of hydrogen-bond acceptors (Lipinski definition) is 4. The highest BCUT2D eigenvalue weighted by atomic mass is 16.5. The lowest BCUT2D eigenvalue weighted by molar-refractivity contribution is 0.245. The number of rotatable bonds is 14. The van der Waals surface area contributed by atoms with Crippen LogP contribution in [0, 0.1) is 0 Å². The van der Waals surface area contributed by atoms with Crippen LogP contribution < -0.4 is 4.74 Å². The van der Waals surface area contributed by atoms with Crippen molar-refractivity contribution in [2.24, 2.45) is 0 Å². The molecule has 0 saturated carbocycles. The first-order chi connectivity index (χ1) is 18.7. The Morgan fingerprint density at radius 1 is 0.816 bits per heavy atom. The lowest BCUT2D eigenvalue weighted by atomic mass is 10.1. The minimum absolute atomic E-state index is 0.00153. The van der Waals surface area contributed by atoms with E-state index in [0.29, 0.717) is 0 Å². The Labute approximate surface area is 227 Å². The van der Waals surface area contributed by atoms with Gasteiger partial charge in [0, 0.05) is 30.8 Å². The number of benzene rings is 3. The zero-order chi connectivity index (χ0) is 26.7. The number of unbranched alkanes of at least 4 members (excludes halogenated alkanes) is 2. The third kappa shape index (κ3) is 6.91. The van der Waals surface area contributed by atoms with Crippen LogP contribution in [0.3, 0.4) is 0 Å². The van der Waals surface area contributed by atoms with Crippen LogP contribution in [-0.4, -0.2) is 33.2 Å². The summed E-state index contributed by atoms with van der Waals surface area (Å²) in [5, 5.41) is 9.80. The first kappa shape index (κ1) is 27.6. The van der Waals surface area contributed by atoms with Crippen LogP contribution in [0.2, 0.25) is 0 Å². The fourth-order valence-corrected chi connectivity index (χ4v) is 4.93. The fraction of sp³-hybridized carbons (Fsp3) is 0.364. The van der Waals surface area contributed by atoms with Crippen LogP contribution >= 0.6 is 0 Å². The van der Waals surface area contributed by atoms with Gasteiger partial charge in [0.1, 0.15) is 11.6 Å². The summed E-state index contributed by atoms with van der Waals surface area (Å²) in [6.45, 7) is 7.97. The van der Waals surface area contributed by atoms with Crippen LogP contribution in [0.5, 0.6) is 5.75 Å². The molecule has 0 atom stereocenters. The number of methoxy groups -OCH3 is 1. The van der Waals surface area contributed by atoms with E-state index in [1.165, 1.54) is 5.69 Å². The van der Waals surface area contributed by atoms with Crippen molar-refractivity contribution in [3.63, 3.8) is 0 Å². The van der Waals surface area contributed by atoms with E-state index in [-0.39, 0.29) is 6.61 Å². The predicted octanol–water partition coefficient (Wildman–Crippen LogP) is 7.32. The van der Waals surface area contributed by atoms with Gasteiger partial charge in [-0.1, -0.05) is 93.4 Å². The molecule has 0 spiro atoms. The molecule has 1 heterocycles. The number of ether oxygens (including phenoxy) is 1. The molecule has 3 aromatic carbocycles.